The zero-order valence-electron chi connectivity index (χ0n) is 12.5. The Morgan fingerprint density at radius 3 is 3.09 bits per heavy atom. The summed E-state index contributed by atoms with van der Waals surface area (Å²) in [7, 11) is 0. The lowest BCUT2D eigenvalue weighted by Gasteiger charge is -2.40. The highest BCUT2D eigenvalue weighted by atomic mass is 16.5. The Morgan fingerprint density at radius 1 is 1.45 bits per heavy atom. The fraction of sp³-hybridized carbons (Fsp3) is 0.467. The molecular formula is C15H20N6O. The predicted molar refractivity (Wildman–Crippen MR) is 83.5 cm³/mol. The summed E-state index contributed by atoms with van der Waals surface area (Å²) in [5, 5.41) is 3.15. The van der Waals surface area contributed by atoms with Crippen LogP contribution in [0, 0.1) is 0 Å². The number of nitrogens with zero attached hydrogens (tertiary/aromatic N) is 3. The van der Waals surface area contributed by atoms with Crippen LogP contribution in [0.25, 0.3) is 5.57 Å². The fourth-order valence-electron chi connectivity index (χ4n) is 3.33. The van der Waals surface area contributed by atoms with E-state index in [2.05, 4.69) is 38.3 Å². The smallest absolute Gasteiger partial charge is 0.195 e. The molecule has 22 heavy (non-hydrogen) atoms. The molecule has 3 aliphatic rings. The zero-order chi connectivity index (χ0) is 15.1. The number of hydrogen-bond donors (Lipinski definition) is 3. The van der Waals surface area contributed by atoms with E-state index in [-0.39, 0.29) is 6.17 Å². The molecule has 4 N–H and O–H groups in total. The van der Waals surface area contributed by atoms with E-state index in [0.29, 0.717) is 12.0 Å². The summed E-state index contributed by atoms with van der Waals surface area (Å²) in [6.45, 7) is 3.58. The van der Waals surface area contributed by atoms with Gasteiger partial charge < -0.3 is 25.7 Å². The molecule has 4 heterocycles. The molecule has 116 valence electrons. The van der Waals surface area contributed by atoms with E-state index in [1.807, 2.05) is 6.20 Å². The number of aliphatic imine (C=N–C) groups is 1. The third kappa shape index (κ3) is 2.18. The molecule has 1 fully saturated rings. The van der Waals surface area contributed by atoms with Gasteiger partial charge in [0, 0.05) is 42.9 Å². The van der Waals surface area contributed by atoms with Crippen LogP contribution in [0.2, 0.25) is 0 Å². The summed E-state index contributed by atoms with van der Waals surface area (Å²) >= 11 is 0. The molecule has 0 spiro atoms. The van der Waals surface area contributed by atoms with Gasteiger partial charge in [0.25, 0.3) is 0 Å². The number of nitrogens with one attached hydrogen (secondary N) is 2. The third-order valence-electron chi connectivity index (χ3n) is 4.47. The number of aromatic amines is 1. The van der Waals surface area contributed by atoms with Crippen LogP contribution in [0.3, 0.4) is 0 Å². The molecule has 1 unspecified atom stereocenters. The van der Waals surface area contributed by atoms with Crippen LogP contribution in [0.15, 0.2) is 34.9 Å². The minimum absolute atomic E-state index is 0.0355. The van der Waals surface area contributed by atoms with Gasteiger partial charge in [0.05, 0.1) is 12.6 Å². The highest BCUT2D eigenvalue weighted by molar-refractivity contribution is 5.82. The van der Waals surface area contributed by atoms with Crippen molar-refractivity contribution in [2.24, 2.45) is 10.7 Å². The molecule has 0 saturated carbocycles. The zero-order valence-corrected chi connectivity index (χ0v) is 12.5. The van der Waals surface area contributed by atoms with E-state index >= 15 is 0 Å². The van der Waals surface area contributed by atoms with E-state index < -0.39 is 0 Å². The number of ether oxygens (including phenoxy) is 1. The number of allylic oxidation sites excluding steroid dienone is 2. The van der Waals surface area contributed by atoms with Crippen LogP contribution in [0.1, 0.15) is 25.6 Å². The molecule has 0 radical (unpaired) electrons. The molecular weight excluding hydrogens is 280 g/mol. The highest BCUT2D eigenvalue weighted by Crippen LogP contribution is 2.36. The van der Waals surface area contributed by atoms with Crippen LogP contribution >= 0.6 is 0 Å². The van der Waals surface area contributed by atoms with Crippen molar-refractivity contribution in [3.05, 3.63) is 35.7 Å². The van der Waals surface area contributed by atoms with Crippen molar-refractivity contribution < 1.29 is 4.74 Å². The molecule has 1 aromatic heterocycles. The van der Waals surface area contributed by atoms with Crippen LogP contribution in [-0.2, 0) is 4.74 Å². The SMILES string of the molecule is CC1=C2CC(c3ncc[nH]3)=CN([C@@H]3CCOC3)C2N=C(N)N1. The van der Waals surface area contributed by atoms with Crippen molar-refractivity contribution >= 4 is 11.5 Å². The Hall–Kier alpha value is -2.28. The lowest BCUT2D eigenvalue weighted by atomic mass is 9.94. The van der Waals surface area contributed by atoms with Gasteiger partial charge in [0.2, 0.25) is 0 Å². The van der Waals surface area contributed by atoms with E-state index in [1.54, 1.807) is 6.20 Å². The summed E-state index contributed by atoms with van der Waals surface area (Å²) in [6, 6.07) is 0.327. The van der Waals surface area contributed by atoms with Gasteiger partial charge in [-0.1, -0.05) is 0 Å². The van der Waals surface area contributed by atoms with Gasteiger partial charge in [-0.05, 0) is 18.9 Å². The monoisotopic (exact) mass is 300 g/mol. The molecule has 2 atom stereocenters. The summed E-state index contributed by atoms with van der Waals surface area (Å²) in [4.78, 5) is 14.5. The third-order valence-corrected chi connectivity index (χ3v) is 4.47. The standard InChI is InChI=1S/C15H20N6O/c1-9-12-6-10(13-17-3-4-18-13)7-21(11-2-5-22-8-11)14(12)20-15(16)19-9/h3-4,7,11,14H,2,5-6,8H2,1H3,(H,17,18)(H3,16,19,20)/t11-,14?/m1/s1. The molecule has 0 bridgehead atoms. The summed E-state index contributed by atoms with van der Waals surface area (Å²) in [5.74, 6) is 1.38. The predicted octanol–water partition coefficient (Wildman–Crippen LogP) is 0.763. The number of rotatable bonds is 2. The second-order valence-electron chi connectivity index (χ2n) is 5.90. The Kier molecular flexibility index (Phi) is 3.15. The number of H-pyrrole nitrogens is 1. The Balaban J connectivity index is 1.77. The second kappa shape index (κ2) is 5.17. The minimum Gasteiger partial charge on any atom is -0.379 e. The van der Waals surface area contributed by atoms with E-state index in [1.165, 1.54) is 11.1 Å². The quantitative estimate of drug-likeness (QED) is 0.750. The number of guanidine groups is 1. The number of imidazole rings is 1. The Morgan fingerprint density at radius 2 is 2.36 bits per heavy atom. The normalized spacial score (nSPS) is 28.1. The summed E-state index contributed by atoms with van der Waals surface area (Å²) in [6.07, 6.45) is 7.59. The number of aromatic nitrogens is 2. The van der Waals surface area contributed by atoms with Crippen molar-refractivity contribution in [3.63, 3.8) is 0 Å². The molecule has 4 rings (SSSR count). The topological polar surface area (TPSA) is 91.6 Å². The number of hydrogen-bond acceptors (Lipinski definition) is 6. The average Bonchev–Trinajstić information content (AvgIpc) is 3.20. The summed E-state index contributed by atoms with van der Waals surface area (Å²) in [5.41, 5.74) is 9.42. The van der Waals surface area contributed by atoms with Crippen LogP contribution in [-0.4, -0.2) is 46.2 Å². The Labute approximate surface area is 129 Å². The van der Waals surface area contributed by atoms with E-state index in [4.69, 9.17) is 10.5 Å². The molecule has 3 aliphatic heterocycles. The average molecular weight is 300 g/mol. The van der Waals surface area contributed by atoms with E-state index in [0.717, 1.165) is 37.6 Å². The highest BCUT2D eigenvalue weighted by Gasteiger charge is 2.36. The van der Waals surface area contributed by atoms with Crippen molar-refractivity contribution in [1.82, 2.24) is 20.2 Å². The van der Waals surface area contributed by atoms with Crippen LogP contribution in [0.4, 0.5) is 0 Å². The van der Waals surface area contributed by atoms with Crippen molar-refractivity contribution in [2.45, 2.75) is 32.0 Å². The van der Waals surface area contributed by atoms with Gasteiger partial charge in [-0.25, -0.2) is 9.98 Å². The van der Waals surface area contributed by atoms with E-state index in [9.17, 15) is 0 Å². The van der Waals surface area contributed by atoms with Gasteiger partial charge in [0.1, 0.15) is 12.0 Å². The first-order valence-corrected chi connectivity index (χ1v) is 7.58. The molecule has 7 heteroatoms. The maximum Gasteiger partial charge on any atom is 0.195 e. The second-order valence-corrected chi connectivity index (χ2v) is 5.90. The van der Waals surface area contributed by atoms with Gasteiger partial charge in [-0.3, -0.25) is 0 Å². The van der Waals surface area contributed by atoms with Crippen molar-refractivity contribution in [3.8, 4) is 0 Å². The molecule has 0 aliphatic carbocycles. The maximum absolute atomic E-state index is 5.93. The van der Waals surface area contributed by atoms with Crippen molar-refractivity contribution in [2.75, 3.05) is 13.2 Å². The number of fused-ring (bicyclic) bond motifs is 1. The molecule has 1 saturated heterocycles. The first-order chi connectivity index (χ1) is 10.7. The first-order valence-electron chi connectivity index (χ1n) is 7.58. The lowest BCUT2D eigenvalue weighted by Crippen LogP contribution is -2.48. The van der Waals surface area contributed by atoms with Gasteiger partial charge in [-0.2, -0.15) is 0 Å². The van der Waals surface area contributed by atoms with Crippen molar-refractivity contribution in [1.29, 1.82) is 0 Å². The molecule has 7 nitrogen and oxygen atoms in total. The first kappa shape index (κ1) is 13.4. The lowest BCUT2D eigenvalue weighted by molar-refractivity contribution is 0.154. The van der Waals surface area contributed by atoms with Gasteiger partial charge in [0.15, 0.2) is 5.96 Å². The van der Waals surface area contributed by atoms with Crippen LogP contribution < -0.4 is 11.1 Å². The molecule has 0 aromatic carbocycles. The summed E-state index contributed by atoms with van der Waals surface area (Å²) < 4.78 is 5.56. The van der Waals surface area contributed by atoms with Crippen LogP contribution in [0.5, 0.6) is 0 Å². The molecule has 0 amide bonds. The fourth-order valence-corrected chi connectivity index (χ4v) is 3.33. The number of nitrogens with two attached hydrogens (primary N) is 1. The minimum atomic E-state index is -0.0355. The Bertz CT molecular complexity index is 654. The van der Waals surface area contributed by atoms with Gasteiger partial charge >= 0.3 is 0 Å². The largest absolute Gasteiger partial charge is 0.379 e. The molecule has 1 aromatic rings. The van der Waals surface area contributed by atoms with Gasteiger partial charge in [-0.15, -0.1) is 0 Å². The maximum atomic E-state index is 5.93.